The molecule has 3 aromatic rings. The Morgan fingerprint density at radius 3 is 2.50 bits per heavy atom. The predicted octanol–water partition coefficient (Wildman–Crippen LogP) is 3.86. The SMILES string of the molecule is COc1ccc(OCCNc2cc(Nc3cccc(F)c3)ncn2)cc1. The first kappa shape index (κ1) is 17.5. The fourth-order valence-electron chi connectivity index (χ4n) is 2.26. The molecule has 2 N–H and O–H groups in total. The van der Waals surface area contributed by atoms with Gasteiger partial charge in [-0.1, -0.05) is 6.07 Å². The number of aromatic nitrogens is 2. The summed E-state index contributed by atoms with van der Waals surface area (Å²) < 4.78 is 24.0. The van der Waals surface area contributed by atoms with Crippen LogP contribution in [0.4, 0.5) is 21.7 Å². The van der Waals surface area contributed by atoms with E-state index in [1.807, 2.05) is 24.3 Å². The zero-order chi connectivity index (χ0) is 18.2. The molecule has 0 aliphatic carbocycles. The van der Waals surface area contributed by atoms with Crippen molar-refractivity contribution in [3.63, 3.8) is 0 Å². The number of halogens is 1. The average molecular weight is 354 g/mol. The van der Waals surface area contributed by atoms with Crippen LogP contribution in [0.25, 0.3) is 0 Å². The van der Waals surface area contributed by atoms with Gasteiger partial charge in [0.1, 0.15) is 41.9 Å². The van der Waals surface area contributed by atoms with E-state index in [4.69, 9.17) is 9.47 Å². The number of methoxy groups -OCH3 is 1. The van der Waals surface area contributed by atoms with E-state index in [2.05, 4.69) is 20.6 Å². The monoisotopic (exact) mass is 354 g/mol. The van der Waals surface area contributed by atoms with Crippen LogP contribution in [-0.4, -0.2) is 30.2 Å². The second kappa shape index (κ2) is 8.66. The van der Waals surface area contributed by atoms with Crippen LogP contribution in [-0.2, 0) is 0 Å². The molecule has 1 heterocycles. The summed E-state index contributed by atoms with van der Waals surface area (Å²) in [5.74, 6) is 2.47. The van der Waals surface area contributed by atoms with E-state index in [-0.39, 0.29) is 5.82 Å². The van der Waals surface area contributed by atoms with Gasteiger partial charge in [-0.25, -0.2) is 14.4 Å². The molecule has 0 fully saturated rings. The first-order valence-electron chi connectivity index (χ1n) is 8.08. The number of nitrogens with one attached hydrogen (secondary N) is 2. The van der Waals surface area contributed by atoms with Gasteiger partial charge in [-0.05, 0) is 42.5 Å². The van der Waals surface area contributed by atoms with E-state index in [9.17, 15) is 4.39 Å². The highest BCUT2D eigenvalue weighted by Crippen LogP contribution is 2.18. The van der Waals surface area contributed by atoms with Gasteiger partial charge < -0.3 is 20.1 Å². The fourth-order valence-corrected chi connectivity index (χ4v) is 2.26. The van der Waals surface area contributed by atoms with Crippen molar-refractivity contribution in [3.05, 3.63) is 66.7 Å². The van der Waals surface area contributed by atoms with Crippen LogP contribution in [0, 0.1) is 5.82 Å². The van der Waals surface area contributed by atoms with Crippen molar-refractivity contribution in [2.75, 3.05) is 30.9 Å². The van der Waals surface area contributed by atoms with E-state index in [1.165, 1.54) is 18.5 Å². The second-order valence-electron chi connectivity index (χ2n) is 5.37. The highest BCUT2D eigenvalue weighted by Gasteiger charge is 2.01. The first-order chi connectivity index (χ1) is 12.7. The van der Waals surface area contributed by atoms with Gasteiger partial charge in [-0.15, -0.1) is 0 Å². The molecule has 6 nitrogen and oxygen atoms in total. The zero-order valence-electron chi connectivity index (χ0n) is 14.3. The molecule has 2 aromatic carbocycles. The van der Waals surface area contributed by atoms with Gasteiger partial charge in [0.15, 0.2) is 0 Å². The number of nitrogens with zero attached hydrogens (tertiary/aromatic N) is 2. The van der Waals surface area contributed by atoms with Crippen LogP contribution in [0.3, 0.4) is 0 Å². The van der Waals surface area contributed by atoms with E-state index in [0.717, 1.165) is 11.5 Å². The topological polar surface area (TPSA) is 68.3 Å². The van der Waals surface area contributed by atoms with Crippen molar-refractivity contribution >= 4 is 17.3 Å². The zero-order valence-corrected chi connectivity index (χ0v) is 14.3. The Labute approximate surface area is 151 Å². The minimum absolute atomic E-state index is 0.307. The van der Waals surface area contributed by atoms with Gasteiger partial charge in [0.2, 0.25) is 0 Å². The molecule has 0 aliphatic rings. The molecule has 0 saturated carbocycles. The van der Waals surface area contributed by atoms with E-state index >= 15 is 0 Å². The third-order valence-corrected chi connectivity index (χ3v) is 3.50. The molecule has 0 atom stereocenters. The van der Waals surface area contributed by atoms with Crippen LogP contribution in [0.15, 0.2) is 60.9 Å². The summed E-state index contributed by atoms with van der Waals surface area (Å²) in [4.78, 5) is 8.29. The maximum atomic E-state index is 13.2. The van der Waals surface area contributed by atoms with Crippen LogP contribution in [0.1, 0.15) is 0 Å². The van der Waals surface area contributed by atoms with Gasteiger partial charge >= 0.3 is 0 Å². The number of anilines is 3. The summed E-state index contributed by atoms with van der Waals surface area (Å²) in [6, 6.07) is 15.3. The van der Waals surface area contributed by atoms with Gasteiger partial charge in [-0.2, -0.15) is 0 Å². The molecule has 0 unspecified atom stereocenters. The Morgan fingerprint density at radius 1 is 0.962 bits per heavy atom. The third kappa shape index (κ3) is 5.07. The Kier molecular flexibility index (Phi) is 5.82. The van der Waals surface area contributed by atoms with Crippen molar-refractivity contribution in [2.24, 2.45) is 0 Å². The standard InChI is InChI=1S/C19H19FN4O2/c1-25-16-5-7-17(8-6-16)26-10-9-21-18-12-19(23-13-22-18)24-15-4-2-3-14(20)11-15/h2-8,11-13H,9-10H2,1H3,(H2,21,22,23,24). The van der Waals surface area contributed by atoms with Crippen LogP contribution in [0.5, 0.6) is 11.5 Å². The largest absolute Gasteiger partial charge is 0.497 e. The lowest BCUT2D eigenvalue weighted by molar-refractivity contribution is 0.331. The first-order valence-corrected chi connectivity index (χ1v) is 8.08. The predicted molar refractivity (Wildman–Crippen MR) is 98.7 cm³/mol. The number of hydrogen-bond acceptors (Lipinski definition) is 6. The third-order valence-electron chi connectivity index (χ3n) is 3.50. The molecule has 3 rings (SSSR count). The van der Waals surface area contributed by atoms with Crippen LogP contribution in [0.2, 0.25) is 0 Å². The lowest BCUT2D eigenvalue weighted by atomic mass is 10.3. The van der Waals surface area contributed by atoms with E-state index in [0.29, 0.717) is 30.5 Å². The van der Waals surface area contributed by atoms with E-state index in [1.54, 1.807) is 25.3 Å². The minimum Gasteiger partial charge on any atom is -0.497 e. The molecular formula is C19H19FN4O2. The van der Waals surface area contributed by atoms with Crippen molar-refractivity contribution in [3.8, 4) is 11.5 Å². The van der Waals surface area contributed by atoms with Gasteiger partial charge in [0.05, 0.1) is 13.7 Å². The Morgan fingerprint density at radius 2 is 1.73 bits per heavy atom. The summed E-state index contributed by atoms with van der Waals surface area (Å²) in [5, 5.41) is 6.20. The number of ether oxygens (including phenoxy) is 2. The molecule has 0 radical (unpaired) electrons. The molecule has 0 spiro atoms. The summed E-state index contributed by atoms with van der Waals surface area (Å²) in [6.45, 7) is 1.05. The van der Waals surface area contributed by atoms with Gasteiger partial charge in [-0.3, -0.25) is 0 Å². The summed E-state index contributed by atoms with van der Waals surface area (Å²) in [6.07, 6.45) is 1.44. The van der Waals surface area contributed by atoms with E-state index < -0.39 is 0 Å². The normalized spacial score (nSPS) is 10.2. The van der Waals surface area contributed by atoms with Gasteiger partial charge in [0.25, 0.3) is 0 Å². The van der Waals surface area contributed by atoms with Crippen molar-refractivity contribution in [1.29, 1.82) is 0 Å². The van der Waals surface area contributed by atoms with Crippen LogP contribution < -0.4 is 20.1 Å². The average Bonchev–Trinajstić information content (AvgIpc) is 2.66. The van der Waals surface area contributed by atoms with Crippen molar-refractivity contribution < 1.29 is 13.9 Å². The smallest absolute Gasteiger partial charge is 0.135 e. The lowest BCUT2D eigenvalue weighted by Gasteiger charge is -2.10. The Balaban J connectivity index is 1.49. The Bertz CT molecular complexity index is 843. The summed E-state index contributed by atoms with van der Waals surface area (Å²) in [5.41, 5.74) is 0.623. The molecule has 0 bridgehead atoms. The van der Waals surface area contributed by atoms with Crippen LogP contribution >= 0.6 is 0 Å². The number of rotatable bonds is 8. The summed E-state index contributed by atoms with van der Waals surface area (Å²) >= 11 is 0. The molecule has 0 saturated heterocycles. The second-order valence-corrected chi connectivity index (χ2v) is 5.37. The maximum Gasteiger partial charge on any atom is 0.135 e. The molecule has 0 amide bonds. The fraction of sp³-hybridized carbons (Fsp3) is 0.158. The minimum atomic E-state index is -0.307. The molecule has 26 heavy (non-hydrogen) atoms. The lowest BCUT2D eigenvalue weighted by Crippen LogP contribution is -2.12. The Hall–Kier alpha value is -3.35. The molecule has 0 aliphatic heterocycles. The van der Waals surface area contributed by atoms with Crippen molar-refractivity contribution in [1.82, 2.24) is 9.97 Å². The summed E-state index contributed by atoms with van der Waals surface area (Å²) in [7, 11) is 1.62. The highest BCUT2D eigenvalue weighted by molar-refractivity contribution is 5.58. The molecule has 1 aromatic heterocycles. The quantitative estimate of drug-likeness (QED) is 0.599. The number of benzene rings is 2. The van der Waals surface area contributed by atoms with Crippen molar-refractivity contribution in [2.45, 2.75) is 0 Å². The molecule has 134 valence electrons. The highest BCUT2D eigenvalue weighted by atomic mass is 19.1. The molecular weight excluding hydrogens is 335 g/mol. The van der Waals surface area contributed by atoms with Gasteiger partial charge in [0, 0.05) is 11.8 Å². The maximum absolute atomic E-state index is 13.2. The number of hydrogen-bond donors (Lipinski definition) is 2. The molecule has 7 heteroatoms.